The van der Waals surface area contributed by atoms with Crippen LogP contribution in [-0.4, -0.2) is 54.4 Å². The molecule has 0 N–H and O–H groups in total. The van der Waals surface area contributed by atoms with Crippen LogP contribution >= 0.6 is 34.0 Å². The van der Waals surface area contributed by atoms with Gasteiger partial charge in [0.15, 0.2) is 40.8 Å². The van der Waals surface area contributed by atoms with Gasteiger partial charge in [0.2, 0.25) is 0 Å². The lowest BCUT2D eigenvalue weighted by Crippen LogP contribution is -2.10. The van der Waals surface area contributed by atoms with Gasteiger partial charge in [-0.05, 0) is 110 Å². The molecule has 0 atom stereocenters. The predicted molar refractivity (Wildman–Crippen MR) is 544 cm³/mol. The zero-order valence-corrected chi connectivity index (χ0v) is 73.4. The Morgan fingerprint density at radius 2 is 0.562 bits per heavy atom. The minimum absolute atomic E-state index is 0.0257. The van der Waals surface area contributed by atoms with Gasteiger partial charge >= 0.3 is 0 Å². The van der Waals surface area contributed by atoms with Crippen LogP contribution in [0.1, 0.15) is 26.3 Å². The van der Waals surface area contributed by atoms with Crippen LogP contribution in [-0.2, 0) is 5.41 Å². The molecule has 18 aromatic carbocycles. The van der Waals surface area contributed by atoms with E-state index in [1.54, 1.807) is 22.7 Å². The van der Waals surface area contributed by atoms with Crippen LogP contribution in [0, 0.1) is 0 Å². The summed E-state index contributed by atoms with van der Waals surface area (Å²) in [6, 6.07) is 143. The maximum Gasteiger partial charge on any atom is 0.164 e. The quantitative estimate of drug-likeness (QED) is 0.109. The first-order valence-electron chi connectivity index (χ1n) is 43.4. The van der Waals surface area contributed by atoms with Crippen molar-refractivity contribution in [3.05, 3.63) is 418 Å². The summed E-state index contributed by atoms with van der Waals surface area (Å²) in [5.41, 5.74) is 20.0. The van der Waals surface area contributed by atoms with E-state index in [4.69, 9.17) is 49.8 Å². The Labute approximate surface area is 761 Å². The van der Waals surface area contributed by atoms with E-state index in [0.29, 0.717) is 40.8 Å². The van der Waals surface area contributed by atoms with Gasteiger partial charge in [0.1, 0.15) is 10.0 Å². The number of fused-ring (bicyclic) bond motifs is 17. The second-order valence-corrected chi connectivity index (χ2v) is 36.5. The van der Waals surface area contributed by atoms with Gasteiger partial charge in [-0.3, -0.25) is 0 Å². The van der Waals surface area contributed by atoms with E-state index in [0.717, 1.165) is 110 Å². The van der Waals surface area contributed by atoms with Gasteiger partial charge in [0.25, 0.3) is 0 Å². The fourth-order valence-corrected chi connectivity index (χ4v) is 20.7. The lowest BCUT2D eigenvalue weighted by Gasteiger charge is -2.19. The Balaban J connectivity index is 0.000000112. The van der Waals surface area contributed by atoms with Gasteiger partial charge in [-0.25, -0.2) is 49.8 Å². The Hall–Kier alpha value is -16.1. The molecule has 14 heteroatoms. The van der Waals surface area contributed by atoms with Gasteiger partial charge < -0.3 is 4.57 Å². The van der Waals surface area contributed by atoms with Gasteiger partial charge in [-0.2, -0.15) is 0 Å². The highest BCUT2D eigenvalue weighted by molar-refractivity contribution is 7.26. The molecule has 0 aliphatic heterocycles. The smallest absolute Gasteiger partial charge is 0.164 e. The van der Waals surface area contributed by atoms with Crippen molar-refractivity contribution >= 4 is 140 Å². The van der Waals surface area contributed by atoms with Crippen molar-refractivity contribution in [3.63, 3.8) is 0 Å². The lowest BCUT2D eigenvalue weighted by molar-refractivity contribution is 0.591. The highest BCUT2D eigenvalue weighted by Crippen LogP contribution is 2.47. The third-order valence-corrected chi connectivity index (χ3v) is 27.4. The number of rotatable bonds is 12. The minimum atomic E-state index is 0.0257. The van der Waals surface area contributed by atoms with Crippen molar-refractivity contribution in [1.82, 2.24) is 54.4 Å². The molecule has 0 fully saturated rings. The van der Waals surface area contributed by atoms with Crippen molar-refractivity contribution < 1.29 is 0 Å². The van der Waals surface area contributed by atoms with Crippen molar-refractivity contribution in [2.24, 2.45) is 0 Å². The largest absolute Gasteiger partial charge is 0.308 e. The van der Waals surface area contributed by atoms with Crippen LogP contribution in [0.5, 0.6) is 0 Å². The fraction of sp³-hybridized carbons (Fsp3) is 0.0345. The Kier molecular flexibility index (Phi) is 20.2. The molecule has 0 saturated carbocycles. The molecule has 614 valence electrons. The second kappa shape index (κ2) is 33.3. The number of hydrogen-bond donors (Lipinski definition) is 0. The summed E-state index contributed by atoms with van der Waals surface area (Å²) < 4.78 is 7.45. The van der Waals surface area contributed by atoms with Gasteiger partial charge in [0.05, 0.1) is 47.6 Å². The average Bonchev–Trinajstić information content (AvgIpc) is 1.55. The Morgan fingerprint density at radius 3 is 0.992 bits per heavy atom. The van der Waals surface area contributed by atoms with E-state index in [1.807, 2.05) is 181 Å². The zero-order valence-electron chi connectivity index (χ0n) is 70.9. The molecule has 25 aromatic rings. The molecule has 0 aliphatic rings. The van der Waals surface area contributed by atoms with Crippen molar-refractivity contribution in [2.75, 3.05) is 0 Å². The number of hydrogen-bond acceptors (Lipinski definition) is 13. The van der Waals surface area contributed by atoms with Crippen molar-refractivity contribution in [3.8, 4) is 129 Å². The molecule has 0 unspecified atom stereocenters. The molecule has 0 amide bonds. The number of thiazole rings is 2. The maximum atomic E-state index is 5.13. The topological polar surface area (TPSA) is 134 Å². The normalized spacial score (nSPS) is 11.7. The van der Waals surface area contributed by atoms with E-state index in [1.165, 1.54) is 89.3 Å². The predicted octanol–water partition coefficient (Wildman–Crippen LogP) is 31.2. The standard InChI is InChI=1S/C43H32N4S.C37H23N3S.C36H22N4S/c1-43(2,3)30-20-23-32-34-24-25-35-33-16-10-11-17-37(33)48-39(35)38(34)47(36(32)26-30)31-21-18-29(19-22-31)42-45-40(27-12-6-4-7-13-27)44-41(46-42)28-14-8-5-9-15-28;1-4-10-24(11-5-1)31-23-32(25-12-6-2-7-13-25)39-36(38-31)29-18-20-30-28(22-29)17-16-26-19-21-33-35(34(26)30)40-37(41-33)27-14-8-3-9-15-27;1-4-10-24(11-5-1)33-38-34(25-12-6-2-7-13-25)40-35(39-33)28-18-20-29-27(22-28)17-16-23-19-21-30-32(31(23)29)37-36(41-30)26-14-8-3-9-15-26/h4-26H,1-3H3;1-23H;1-22H. The summed E-state index contributed by atoms with van der Waals surface area (Å²) in [6.45, 7) is 6.84. The minimum Gasteiger partial charge on any atom is -0.308 e. The summed E-state index contributed by atoms with van der Waals surface area (Å²) in [6.07, 6.45) is 0. The molecule has 0 saturated heterocycles. The molecule has 0 radical (unpaired) electrons. The first kappa shape index (κ1) is 78.6. The molecule has 11 nitrogen and oxygen atoms in total. The summed E-state index contributed by atoms with van der Waals surface area (Å²) in [5, 5.41) is 16.6. The Morgan fingerprint density at radius 1 is 0.223 bits per heavy atom. The van der Waals surface area contributed by atoms with E-state index in [-0.39, 0.29) is 5.41 Å². The summed E-state index contributed by atoms with van der Waals surface area (Å²) in [5.74, 6) is 4.65. The third kappa shape index (κ3) is 15.0. The van der Waals surface area contributed by atoms with Crippen molar-refractivity contribution in [1.29, 1.82) is 0 Å². The lowest BCUT2D eigenvalue weighted by atomic mass is 9.86. The van der Waals surface area contributed by atoms with E-state index < -0.39 is 0 Å². The van der Waals surface area contributed by atoms with Gasteiger partial charge in [-0.1, -0.05) is 367 Å². The SMILES string of the molecule is CC(C)(C)c1ccc2c3ccc4c5ccccc5sc4c3n(-c3ccc(-c4nc(-c5ccccc5)nc(-c5ccccc5)n4)cc3)c2c1.c1ccc(-c2cc(-c3ccccc3)nc(-c3ccc4c(ccc5ccc6sc(-c7ccccc7)nc6c54)c3)n2)cc1.c1ccc(-c2nc(-c3ccccc3)nc(-c3ccc4c(ccc5ccc6sc(-c7ccccc7)nc6c54)c3)n2)cc1. The molecule has 7 aromatic heterocycles. The Bertz CT molecular complexity index is 8110. The molecular weight excluding hydrogens is 1640 g/mol. The van der Waals surface area contributed by atoms with E-state index >= 15 is 0 Å². The summed E-state index contributed by atoms with van der Waals surface area (Å²) >= 11 is 5.35. The van der Waals surface area contributed by atoms with Crippen LogP contribution in [0.25, 0.3) is 235 Å². The van der Waals surface area contributed by atoms with E-state index in [2.05, 4.69) is 268 Å². The fourth-order valence-electron chi connectivity index (χ4n) is 17.5. The number of aromatic nitrogens is 11. The third-order valence-electron chi connectivity index (χ3n) is 24.1. The molecule has 25 rings (SSSR count). The van der Waals surface area contributed by atoms with Crippen molar-refractivity contribution in [2.45, 2.75) is 26.2 Å². The molecule has 130 heavy (non-hydrogen) atoms. The average molecular weight is 1720 g/mol. The van der Waals surface area contributed by atoms with Gasteiger partial charge in [-0.15, -0.1) is 34.0 Å². The highest BCUT2D eigenvalue weighted by atomic mass is 32.1. The molecule has 0 spiro atoms. The zero-order chi connectivity index (χ0) is 86.8. The maximum absolute atomic E-state index is 5.13. The van der Waals surface area contributed by atoms with Crippen LogP contribution in [0.3, 0.4) is 0 Å². The van der Waals surface area contributed by atoms with Crippen LogP contribution in [0.4, 0.5) is 0 Å². The molecule has 0 bridgehead atoms. The summed E-state index contributed by atoms with van der Waals surface area (Å²) in [7, 11) is 0. The molecule has 7 heterocycles. The number of thiophene rings is 1. The number of nitrogens with zero attached hydrogens (tertiary/aromatic N) is 11. The monoisotopic (exact) mass is 1720 g/mol. The van der Waals surface area contributed by atoms with Gasteiger partial charge in [0, 0.05) is 104 Å². The van der Waals surface area contributed by atoms with Crippen LogP contribution in [0.2, 0.25) is 0 Å². The van der Waals surface area contributed by atoms with E-state index in [9.17, 15) is 0 Å². The first-order valence-corrected chi connectivity index (χ1v) is 45.8. The molecule has 0 aliphatic carbocycles. The summed E-state index contributed by atoms with van der Waals surface area (Å²) in [4.78, 5) is 49.8. The molecular formula is C116H77N11S3. The number of benzene rings is 18. The highest BCUT2D eigenvalue weighted by Gasteiger charge is 2.25. The second-order valence-electron chi connectivity index (χ2n) is 33.4. The first-order chi connectivity index (χ1) is 64.0. The van der Waals surface area contributed by atoms with Crippen LogP contribution in [0.15, 0.2) is 413 Å². The van der Waals surface area contributed by atoms with Crippen LogP contribution < -0.4 is 0 Å².